The zero-order valence-corrected chi connectivity index (χ0v) is 10.2. The molecule has 5 nitrogen and oxygen atoms in total. The van der Waals surface area contributed by atoms with Crippen molar-refractivity contribution < 1.29 is 22.8 Å². The zero-order chi connectivity index (χ0) is 14.0. The van der Waals surface area contributed by atoms with Gasteiger partial charge in [0.1, 0.15) is 0 Å². The number of aromatic nitrogens is 2. The van der Waals surface area contributed by atoms with E-state index in [2.05, 4.69) is 10.1 Å². The first-order chi connectivity index (χ1) is 8.93. The van der Waals surface area contributed by atoms with Gasteiger partial charge in [0.05, 0.1) is 18.6 Å². The average Bonchev–Trinajstić information content (AvgIpc) is 2.86. The Bertz CT molecular complexity index is 422. The number of alkyl halides is 3. The van der Waals surface area contributed by atoms with Gasteiger partial charge in [-0.15, -0.1) is 0 Å². The number of aliphatic hydroxyl groups excluding tert-OH is 1. The van der Waals surface area contributed by atoms with Crippen molar-refractivity contribution in [3.05, 3.63) is 11.7 Å². The predicted molar refractivity (Wildman–Crippen MR) is 59.1 cm³/mol. The molecule has 1 fully saturated rings. The van der Waals surface area contributed by atoms with Crippen LogP contribution in [0.3, 0.4) is 0 Å². The van der Waals surface area contributed by atoms with E-state index in [-0.39, 0.29) is 24.7 Å². The third-order valence-corrected chi connectivity index (χ3v) is 3.49. The van der Waals surface area contributed by atoms with E-state index in [4.69, 9.17) is 15.4 Å². The molecule has 0 aliphatic heterocycles. The molecular weight excluding hydrogens is 263 g/mol. The highest BCUT2D eigenvalue weighted by atomic mass is 19.4. The quantitative estimate of drug-likeness (QED) is 0.882. The summed E-state index contributed by atoms with van der Waals surface area (Å²) < 4.78 is 43.8. The third kappa shape index (κ3) is 3.06. The number of nitrogens with zero attached hydrogens (tertiary/aromatic N) is 2. The van der Waals surface area contributed by atoms with Crippen LogP contribution in [-0.4, -0.2) is 28.0 Å². The molecule has 3 N–H and O–H groups in total. The van der Waals surface area contributed by atoms with Gasteiger partial charge >= 0.3 is 6.18 Å². The lowest BCUT2D eigenvalue weighted by Crippen LogP contribution is -2.31. The van der Waals surface area contributed by atoms with Gasteiger partial charge < -0.3 is 15.4 Å². The number of rotatable bonds is 3. The van der Waals surface area contributed by atoms with Gasteiger partial charge in [-0.1, -0.05) is 18.0 Å². The van der Waals surface area contributed by atoms with Crippen LogP contribution < -0.4 is 5.73 Å². The summed E-state index contributed by atoms with van der Waals surface area (Å²) in [5.74, 6) is -2.23. The van der Waals surface area contributed by atoms with Crippen LogP contribution in [0.2, 0.25) is 0 Å². The second-order valence-electron chi connectivity index (χ2n) is 4.82. The van der Waals surface area contributed by atoms with Crippen molar-refractivity contribution in [3.63, 3.8) is 0 Å². The highest BCUT2D eigenvalue weighted by Gasteiger charge is 2.47. The standard InChI is InChI=1S/C11H16F3N3O2/c12-11(13,14)7-4-2-1-3-6(7)10-16-9(17-19-10)8(15)5-18/h6-8,18H,1-5,15H2. The molecule has 1 saturated carbocycles. The van der Waals surface area contributed by atoms with Gasteiger partial charge in [-0.2, -0.15) is 18.2 Å². The van der Waals surface area contributed by atoms with Crippen LogP contribution in [-0.2, 0) is 0 Å². The Kier molecular flexibility index (Phi) is 4.10. The Morgan fingerprint density at radius 3 is 2.68 bits per heavy atom. The fourth-order valence-electron chi connectivity index (χ4n) is 2.45. The van der Waals surface area contributed by atoms with Crippen molar-refractivity contribution in [2.45, 2.75) is 43.8 Å². The van der Waals surface area contributed by atoms with Crippen LogP contribution in [0.4, 0.5) is 13.2 Å². The molecule has 0 amide bonds. The molecule has 108 valence electrons. The number of hydrogen-bond donors (Lipinski definition) is 2. The second-order valence-corrected chi connectivity index (χ2v) is 4.82. The van der Waals surface area contributed by atoms with E-state index >= 15 is 0 Å². The lowest BCUT2D eigenvalue weighted by Gasteiger charge is -2.30. The number of aliphatic hydroxyl groups is 1. The molecule has 2 rings (SSSR count). The Morgan fingerprint density at radius 2 is 2.05 bits per heavy atom. The Labute approximate surface area is 108 Å². The van der Waals surface area contributed by atoms with Crippen molar-refractivity contribution in [2.24, 2.45) is 11.7 Å². The highest BCUT2D eigenvalue weighted by molar-refractivity contribution is 5.02. The van der Waals surface area contributed by atoms with Crippen LogP contribution in [0.25, 0.3) is 0 Å². The summed E-state index contributed by atoms with van der Waals surface area (Å²) in [5.41, 5.74) is 5.50. The summed E-state index contributed by atoms with van der Waals surface area (Å²) >= 11 is 0. The minimum Gasteiger partial charge on any atom is -0.394 e. The fraction of sp³-hybridized carbons (Fsp3) is 0.818. The van der Waals surface area contributed by atoms with Crippen LogP contribution in [0, 0.1) is 5.92 Å². The van der Waals surface area contributed by atoms with Crippen molar-refractivity contribution in [2.75, 3.05) is 6.61 Å². The number of hydrogen-bond acceptors (Lipinski definition) is 5. The summed E-state index contributed by atoms with van der Waals surface area (Å²) in [4.78, 5) is 3.91. The summed E-state index contributed by atoms with van der Waals surface area (Å²) in [6, 6.07) is -0.828. The molecule has 0 aromatic carbocycles. The highest BCUT2D eigenvalue weighted by Crippen LogP contribution is 2.45. The normalized spacial score (nSPS) is 26.4. The molecule has 1 aliphatic carbocycles. The summed E-state index contributed by atoms with van der Waals surface area (Å²) in [6.45, 7) is -0.383. The van der Waals surface area contributed by atoms with Crippen LogP contribution >= 0.6 is 0 Å². The molecular formula is C11H16F3N3O2. The first-order valence-electron chi connectivity index (χ1n) is 6.20. The smallest absolute Gasteiger partial charge is 0.392 e. The summed E-state index contributed by atoms with van der Waals surface area (Å²) in [5, 5.41) is 12.4. The maximum absolute atomic E-state index is 13.0. The van der Waals surface area contributed by atoms with E-state index in [0.717, 1.165) is 0 Å². The molecule has 0 saturated heterocycles. The Morgan fingerprint density at radius 1 is 1.37 bits per heavy atom. The van der Waals surface area contributed by atoms with Gasteiger partial charge in [-0.3, -0.25) is 0 Å². The lowest BCUT2D eigenvalue weighted by atomic mass is 9.78. The molecule has 1 aliphatic rings. The molecule has 1 heterocycles. The fourth-order valence-corrected chi connectivity index (χ4v) is 2.45. The van der Waals surface area contributed by atoms with Gasteiger partial charge in [-0.25, -0.2) is 0 Å². The van der Waals surface area contributed by atoms with Crippen molar-refractivity contribution in [1.29, 1.82) is 0 Å². The molecule has 3 atom stereocenters. The van der Waals surface area contributed by atoms with Crippen molar-refractivity contribution >= 4 is 0 Å². The van der Waals surface area contributed by atoms with Gasteiger partial charge in [0.15, 0.2) is 5.82 Å². The minimum atomic E-state index is -4.27. The van der Waals surface area contributed by atoms with E-state index in [0.29, 0.717) is 19.3 Å². The summed E-state index contributed by atoms with van der Waals surface area (Å²) in [7, 11) is 0. The first-order valence-corrected chi connectivity index (χ1v) is 6.20. The van der Waals surface area contributed by atoms with Gasteiger partial charge in [0.25, 0.3) is 0 Å². The van der Waals surface area contributed by atoms with Crippen LogP contribution in [0.15, 0.2) is 4.52 Å². The van der Waals surface area contributed by atoms with E-state index in [1.54, 1.807) is 0 Å². The molecule has 3 unspecified atom stereocenters. The second kappa shape index (κ2) is 5.46. The van der Waals surface area contributed by atoms with E-state index in [1.807, 2.05) is 0 Å². The maximum atomic E-state index is 13.0. The molecule has 1 aromatic heterocycles. The molecule has 19 heavy (non-hydrogen) atoms. The summed E-state index contributed by atoms with van der Waals surface area (Å²) in [6.07, 6.45) is -2.55. The van der Waals surface area contributed by atoms with Crippen LogP contribution in [0.5, 0.6) is 0 Å². The third-order valence-electron chi connectivity index (χ3n) is 3.49. The topological polar surface area (TPSA) is 85.2 Å². The lowest BCUT2D eigenvalue weighted by molar-refractivity contribution is -0.189. The monoisotopic (exact) mass is 279 g/mol. The molecule has 0 radical (unpaired) electrons. The molecule has 8 heteroatoms. The Balaban J connectivity index is 2.20. The zero-order valence-electron chi connectivity index (χ0n) is 10.2. The van der Waals surface area contributed by atoms with E-state index in [9.17, 15) is 13.2 Å². The minimum absolute atomic E-state index is 0.0269. The molecule has 0 spiro atoms. The first kappa shape index (κ1) is 14.3. The van der Waals surface area contributed by atoms with Gasteiger partial charge in [0.2, 0.25) is 5.89 Å². The van der Waals surface area contributed by atoms with E-state index < -0.39 is 24.1 Å². The van der Waals surface area contributed by atoms with Gasteiger partial charge in [-0.05, 0) is 12.8 Å². The maximum Gasteiger partial charge on any atom is 0.392 e. The van der Waals surface area contributed by atoms with Crippen molar-refractivity contribution in [1.82, 2.24) is 10.1 Å². The molecule has 1 aromatic rings. The van der Waals surface area contributed by atoms with Gasteiger partial charge in [0, 0.05) is 5.92 Å². The van der Waals surface area contributed by atoms with Crippen LogP contribution in [0.1, 0.15) is 49.4 Å². The Hall–Kier alpha value is -1.15. The van der Waals surface area contributed by atoms with Crippen molar-refractivity contribution in [3.8, 4) is 0 Å². The average molecular weight is 279 g/mol. The molecule has 0 bridgehead atoms. The van der Waals surface area contributed by atoms with E-state index in [1.165, 1.54) is 0 Å². The number of nitrogens with two attached hydrogens (primary N) is 1. The SMILES string of the molecule is NC(CO)c1noc(C2CCCCC2C(F)(F)F)n1. The predicted octanol–water partition coefficient (Wildman–Crippen LogP) is 1.90. The number of halogens is 3. The largest absolute Gasteiger partial charge is 0.394 e.